The van der Waals surface area contributed by atoms with E-state index in [4.69, 9.17) is 10.5 Å². The smallest absolute Gasteiger partial charge is 0.133 e. The first-order chi connectivity index (χ1) is 6.79. The van der Waals surface area contributed by atoms with Crippen LogP contribution < -0.4 is 5.73 Å². The summed E-state index contributed by atoms with van der Waals surface area (Å²) in [5, 5.41) is 0. The SMILES string of the molecule is Cn1ccnc1C(N)C1=CCCCO1. The molecule has 1 aliphatic heterocycles. The summed E-state index contributed by atoms with van der Waals surface area (Å²) in [6.07, 6.45) is 7.82. The molecule has 4 heteroatoms. The zero-order chi connectivity index (χ0) is 9.97. The van der Waals surface area contributed by atoms with Gasteiger partial charge >= 0.3 is 0 Å². The molecule has 1 aromatic rings. The molecule has 1 unspecified atom stereocenters. The van der Waals surface area contributed by atoms with Crippen molar-refractivity contribution in [2.45, 2.75) is 18.9 Å². The average molecular weight is 193 g/mol. The maximum absolute atomic E-state index is 6.04. The summed E-state index contributed by atoms with van der Waals surface area (Å²) >= 11 is 0. The maximum atomic E-state index is 6.04. The lowest BCUT2D eigenvalue weighted by atomic mass is 10.1. The summed E-state index contributed by atoms with van der Waals surface area (Å²) < 4.78 is 7.42. The van der Waals surface area contributed by atoms with Crippen molar-refractivity contribution in [3.63, 3.8) is 0 Å². The van der Waals surface area contributed by atoms with Crippen LogP contribution in [-0.2, 0) is 11.8 Å². The van der Waals surface area contributed by atoms with Crippen LogP contribution in [-0.4, -0.2) is 16.2 Å². The zero-order valence-electron chi connectivity index (χ0n) is 8.31. The van der Waals surface area contributed by atoms with Crippen LogP contribution in [0.4, 0.5) is 0 Å². The largest absolute Gasteiger partial charge is 0.496 e. The molecule has 14 heavy (non-hydrogen) atoms. The fourth-order valence-corrected chi connectivity index (χ4v) is 1.60. The Morgan fingerprint density at radius 1 is 1.64 bits per heavy atom. The minimum atomic E-state index is -0.227. The highest BCUT2D eigenvalue weighted by Gasteiger charge is 2.18. The fourth-order valence-electron chi connectivity index (χ4n) is 1.60. The highest BCUT2D eigenvalue weighted by atomic mass is 16.5. The number of aromatic nitrogens is 2. The highest BCUT2D eigenvalue weighted by Crippen LogP contribution is 2.22. The molecule has 0 saturated carbocycles. The third kappa shape index (κ3) is 1.65. The molecule has 0 spiro atoms. The number of hydrogen-bond acceptors (Lipinski definition) is 3. The first kappa shape index (κ1) is 9.27. The number of nitrogens with two attached hydrogens (primary N) is 1. The van der Waals surface area contributed by atoms with Crippen LogP contribution in [0, 0.1) is 0 Å². The van der Waals surface area contributed by atoms with E-state index in [9.17, 15) is 0 Å². The van der Waals surface area contributed by atoms with Gasteiger partial charge in [-0.3, -0.25) is 0 Å². The summed E-state index contributed by atoms with van der Waals surface area (Å²) in [6, 6.07) is -0.227. The minimum absolute atomic E-state index is 0.227. The van der Waals surface area contributed by atoms with Crippen molar-refractivity contribution >= 4 is 0 Å². The molecule has 1 atom stereocenters. The van der Waals surface area contributed by atoms with Gasteiger partial charge in [0.25, 0.3) is 0 Å². The van der Waals surface area contributed by atoms with Gasteiger partial charge in [-0.25, -0.2) is 4.98 Å². The molecule has 0 bridgehead atoms. The first-order valence-corrected chi connectivity index (χ1v) is 4.84. The van der Waals surface area contributed by atoms with Crippen molar-refractivity contribution in [2.24, 2.45) is 12.8 Å². The Balaban J connectivity index is 2.19. The number of imidazole rings is 1. The van der Waals surface area contributed by atoms with Crippen molar-refractivity contribution in [3.8, 4) is 0 Å². The third-order valence-electron chi connectivity index (χ3n) is 2.41. The van der Waals surface area contributed by atoms with Crippen LogP contribution in [0.25, 0.3) is 0 Å². The van der Waals surface area contributed by atoms with E-state index >= 15 is 0 Å². The second kappa shape index (κ2) is 3.84. The van der Waals surface area contributed by atoms with E-state index in [0.29, 0.717) is 0 Å². The Labute approximate surface area is 83.4 Å². The molecule has 0 saturated heterocycles. The van der Waals surface area contributed by atoms with Crippen molar-refractivity contribution in [1.29, 1.82) is 0 Å². The Bertz CT molecular complexity index is 343. The van der Waals surface area contributed by atoms with Gasteiger partial charge in [0.15, 0.2) is 0 Å². The maximum Gasteiger partial charge on any atom is 0.133 e. The quantitative estimate of drug-likeness (QED) is 0.765. The van der Waals surface area contributed by atoms with Gasteiger partial charge in [0.2, 0.25) is 0 Å². The monoisotopic (exact) mass is 193 g/mol. The van der Waals surface area contributed by atoms with Crippen molar-refractivity contribution in [1.82, 2.24) is 9.55 Å². The number of rotatable bonds is 2. The van der Waals surface area contributed by atoms with Crippen LogP contribution in [0.15, 0.2) is 24.2 Å². The van der Waals surface area contributed by atoms with Crippen LogP contribution in [0.2, 0.25) is 0 Å². The minimum Gasteiger partial charge on any atom is -0.496 e. The van der Waals surface area contributed by atoms with Crippen LogP contribution >= 0.6 is 0 Å². The van der Waals surface area contributed by atoms with Crippen molar-refractivity contribution < 1.29 is 4.74 Å². The van der Waals surface area contributed by atoms with Gasteiger partial charge in [-0.1, -0.05) is 0 Å². The molecule has 1 aromatic heterocycles. The summed E-state index contributed by atoms with van der Waals surface area (Å²) in [4.78, 5) is 4.21. The van der Waals surface area contributed by atoms with Gasteiger partial charge in [-0.05, 0) is 18.9 Å². The molecule has 2 N–H and O–H groups in total. The van der Waals surface area contributed by atoms with Gasteiger partial charge in [0.05, 0.1) is 6.61 Å². The van der Waals surface area contributed by atoms with E-state index in [1.54, 1.807) is 6.20 Å². The Morgan fingerprint density at radius 2 is 2.50 bits per heavy atom. The van der Waals surface area contributed by atoms with Gasteiger partial charge in [0.1, 0.15) is 17.6 Å². The summed E-state index contributed by atoms with van der Waals surface area (Å²) in [6.45, 7) is 0.768. The van der Waals surface area contributed by atoms with Crippen molar-refractivity contribution in [3.05, 3.63) is 30.1 Å². The van der Waals surface area contributed by atoms with E-state index in [-0.39, 0.29) is 6.04 Å². The lowest BCUT2D eigenvalue weighted by Gasteiger charge is -2.20. The molecule has 0 amide bonds. The second-order valence-corrected chi connectivity index (χ2v) is 3.47. The molecular formula is C10H15N3O. The molecule has 0 aliphatic carbocycles. The third-order valence-corrected chi connectivity index (χ3v) is 2.41. The normalized spacial score (nSPS) is 18.6. The molecular weight excluding hydrogens is 178 g/mol. The summed E-state index contributed by atoms with van der Waals surface area (Å²) in [7, 11) is 1.94. The standard InChI is InChI=1S/C10H15N3O/c1-13-6-5-12-10(13)9(11)8-4-2-3-7-14-8/h4-6,9H,2-3,7,11H2,1H3. The second-order valence-electron chi connectivity index (χ2n) is 3.47. The lowest BCUT2D eigenvalue weighted by Crippen LogP contribution is -2.21. The van der Waals surface area contributed by atoms with E-state index in [0.717, 1.165) is 31.0 Å². The molecule has 0 radical (unpaired) electrons. The topological polar surface area (TPSA) is 53.1 Å². The lowest BCUT2D eigenvalue weighted by molar-refractivity contribution is 0.173. The van der Waals surface area contributed by atoms with Crippen LogP contribution in [0.3, 0.4) is 0 Å². The predicted octanol–water partition coefficient (Wildman–Crippen LogP) is 1.11. The van der Waals surface area contributed by atoms with E-state index in [1.165, 1.54) is 0 Å². The Morgan fingerprint density at radius 3 is 3.07 bits per heavy atom. The highest BCUT2D eigenvalue weighted by molar-refractivity contribution is 5.13. The number of aryl methyl sites for hydroxylation is 1. The van der Waals surface area contributed by atoms with Crippen LogP contribution in [0.1, 0.15) is 24.7 Å². The van der Waals surface area contributed by atoms with E-state index in [2.05, 4.69) is 11.1 Å². The average Bonchev–Trinajstić information content (AvgIpc) is 2.65. The Kier molecular flexibility index (Phi) is 2.54. The van der Waals surface area contributed by atoms with Crippen molar-refractivity contribution in [2.75, 3.05) is 6.61 Å². The molecule has 1 aliphatic rings. The van der Waals surface area contributed by atoms with Crippen LogP contribution in [0.5, 0.6) is 0 Å². The number of allylic oxidation sites excluding steroid dienone is 1. The first-order valence-electron chi connectivity index (χ1n) is 4.84. The van der Waals surface area contributed by atoms with E-state index in [1.807, 2.05) is 17.8 Å². The van der Waals surface area contributed by atoms with Gasteiger partial charge in [-0.2, -0.15) is 0 Å². The molecule has 0 aromatic carbocycles. The number of hydrogen-bond donors (Lipinski definition) is 1. The fraction of sp³-hybridized carbons (Fsp3) is 0.500. The van der Waals surface area contributed by atoms with Gasteiger partial charge in [0, 0.05) is 19.4 Å². The molecule has 4 nitrogen and oxygen atoms in total. The van der Waals surface area contributed by atoms with Gasteiger partial charge in [-0.15, -0.1) is 0 Å². The molecule has 2 rings (SSSR count). The summed E-state index contributed by atoms with van der Waals surface area (Å²) in [5.74, 6) is 1.70. The predicted molar refractivity (Wildman–Crippen MR) is 53.4 cm³/mol. The number of ether oxygens (including phenoxy) is 1. The van der Waals surface area contributed by atoms with Gasteiger partial charge < -0.3 is 15.0 Å². The number of nitrogens with zero attached hydrogens (tertiary/aromatic N) is 2. The molecule has 0 fully saturated rings. The molecule has 76 valence electrons. The zero-order valence-corrected chi connectivity index (χ0v) is 8.31. The summed E-state index contributed by atoms with van der Waals surface area (Å²) in [5.41, 5.74) is 6.04. The Hall–Kier alpha value is -1.29. The molecule has 2 heterocycles. The van der Waals surface area contributed by atoms with E-state index < -0.39 is 0 Å².